The minimum atomic E-state index is -0.378. The summed E-state index contributed by atoms with van der Waals surface area (Å²) < 4.78 is 1.59. The summed E-state index contributed by atoms with van der Waals surface area (Å²) in [4.78, 5) is 29.5. The van der Waals surface area contributed by atoms with Crippen LogP contribution in [-0.4, -0.2) is 33.7 Å². The van der Waals surface area contributed by atoms with E-state index in [4.69, 9.17) is 0 Å². The second-order valence-electron chi connectivity index (χ2n) is 9.13. The first-order valence-electron chi connectivity index (χ1n) is 11.6. The molecule has 5 rings (SSSR count). The van der Waals surface area contributed by atoms with Crippen molar-refractivity contribution in [3.05, 3.63) is 75.9 Å². The van der Waals surface area contributed by atoms with E-state index in [1.165, 1.54) is 0 Å². The van der Waals surface area contributed by atoms with Crippen molar-refractivity contribution in [2.45, 2.75) is 50.5 Å². The first-order valence-corrected chi connectivity index (χ1v) is 12.5. The van der Waals surface area contributed by atoms with Crippen LogP contribution >= 0.6 is 11.3 Å². The van der Waals surface area contributed by atoms with Gasteiger partial charge in [-0.2, -0.15) is 5.10 Å². The largest absolute Gasteiger partial charge is 0.342 e. The molecule has 0 spiro atoms. The van der Waals surface area contributed by atoms with E-state index in [0.717, 1.165) is 61.2 Å². The van der Waals surface area contributed by atoms with Gasteiger partial charge in [0.25, 0.3) is 5.56 Å². The number of benzene rings is 1. The van der Waals surface area contributed by atoms with Crippen molar-refractivity contribution in [3.8, 4) is 10.6 Å². The third-order valence-electron chi connectivity index (χ3n) is 7.07. The SMILES string of the molecule is O=C(N1CCC[C@@H](Cn2nc(-c3cccs3)ccc2=O)C1)C1(c2ccccc2)CCCC1. The minimum Gasteiger partial charge on any atom is -0.342 e. The number of hydrogen-bond donors (Lipinski definition) is 0. The summed E-state index contributed by atoms with van der Waals surface area (Å²) >= 11 is 1.62. The van der Waals surface area contributed by atoms with Crippen LogP contribution in [0.4, 0.5) is 0 Å². The van der Waals surface area contributed by atoms with Gasteiger partial charge in [0.05, 0.1) is 10.3 Å². The Bertz CT molecular complexity index is 1120. The van der Waals surface area contributed by atoms with Gasteiger partial charge in [0.15, 0.2) is 0 Å². The van der Waals surface area contributed by atoms with E-state index in [-0.39, 0.29) is 22.8 Å². The molecule has 0 N–H and O–H groups in total. The van der Waals surface area contributed by atoms with E-state index in [1.807, 2.05) is 35.7 Å². The summed E-state index contributed by atoms with van der Waals surface area (Å²) in [6.45, 7) is 2.06. The third-order valence-corrected chi connectivity index (χ3v) is 7.96. The quantitative estimate of drug-likeness (QED) is 0.569. The number of hydrogen-bond acceptors (Lipinski definition) is 4. The topological polar surface area (TPSA) is 55.2 Å². The molecule has 6 heteroatoms. The van der Waals surface area contributed by atoms with Gasteiger partial charge < -0.3 is 4.90 Å². The Hall–Kier alpha value is -2.73. The Morgan fingerprint density at radius 2 is 1.84 bits per heavy atom. The summed E-state index contributed by atoms with van der Waals surface area (Å²) in [5, 5.41) is 6.65. The fraction of sp³-hybridized carbons (Fsp3) is 0.423. The van der Waals surface area contributed by atoms with Crippen molar-refractivity contribution in [3.63, 3.8) is 0 Å². The van der Waals surface area contributed by atoms with Crippen LogP contribution < -0.4 is 5.56 Å². The van der Waals surface area contributed by atoms with Gasteiger partial charge in [-0.15, -0.1) is 11.3 Å². The number of thiophene rings is 1. The Balaban J connectivity index is 1.34. The lowest BCUT2D eigenvalue weighted by Gasteiger charge is -2.39. The van der Waals surface area contributed by atoms with Gasteiger partial charge in [-0.1, -0.05) is 49.2 Å². The molecule has 1 saturated carbocycles. The maximum Gasteiger partial charge on any atom is 0.266 e. The molecule has 5 nitrogen and oxygen atoms in total. The summed E-state index contributed by atoms with van der Waals surface area (Å²) in [5.41, 5.74) is 1.53. The highest BCUT2D eigenvalue weighted by atomic mass is 32.1. The van der Waals surface area contributed by atoms with Crippen molar-refractivity contribution in [2.75, 3.05) is 13.1 Å². The van der Waals surface area contributed by atoms with Crippen molar-refractivity contribution in [2.24, 2.45) is 5.92 Å². The van der Waals surface area contributed by atoms with Crippen molar-refractivity contribution >= 4 is 17.2 Å². The average Bonchev–Trinajstić information content (AvgIpc) is 3.54. The molecule has 0 unspecified atom stereocenters. The second-order valence-corrected chi connectivity index (χ2v) is 10.1. The van der Waals surface area contributed by atoms with E-state index in [2.05, 4.69) is 22.1 Å². The molecular formula is C26H29N3O2S. The normalized spacial score (nSPS) is 20.4. The molecule has 32 heavy (non-hydrogen) atoms. The van der Waals surface area contributed by atoms with Gasteiger partial charge in [0.2, 0.25) is 5.91 Å². The molecule has 0 radical (unpaired) electrons. The molecule has 3 heterocycles. The Morgan fingerprint density at radius 1 is 1.03 bits per heavy atom. The molecular weight excluding hydrogens is 418 g/mol. The van der Waals surface area contributed by atoms with E-state index in [9.17, 15) is 9.59 Å². The monoisotopic (exact) mass is 447 g/mol. The minimum absolute atomic E-state index is 0.0784. The Morgan fingerprint density at radius 3 is 2.59 bits per heavy atom. The third kappa shape index (κ3) is 4.04. The number of nitrogens with zero attached hydrogens (tertiary/aromatic N) is 3. The van der Waals surface area contributed by atoms with Gasteiger partial charge in [-0.3, -0.25) is 9.59 Å². The molecule has 3 aromatic rings. The molecule has 1 aliphatic carbocycles. The van der Waals surface area contributed by atoms with Crippen LogP contribution in [0.1, 0.15) is 44.1 Å². The maximum absolute atomic E-state index is 13.8. The molecule has 1 aliphatic heterocycles. The van der Waals surface area contributed by atoms with Gasteiger partial charge >= 0.3 is 0 Å². The average molecular weight is 448 g/mol. The highest BCUT2D eigenvalue weighted by molar-refractivity contribution is 7.13. The lowest BCUT2D eigenvalue weighted by atomic mass is 9.77. The summed E-state index contributed by atoms with van der Waals surface area (Å²) in [5.74, 6) is 0.518. The van der Waals surface area contributed by atoms with Crippen LogP contribution in [0, 0.1) is 5.92 Å². The Labute approximate surface area is 192 Å². The van der Waals surface area contributed by atoms with Crippen LogP contribution in [0.2, 0.25) is 0 Å². The number of aromatic nitrogens is 2. The van der Waals surface area contributed by atoms with E-state index in [0.29, 0.717) is 13.1 Å². The number of amides is 1. The van der Waals surface area contributed by atoms with Crippen molar-refractivity contribution < 1.29 is 4.79 Å². The lowest BCUT2D eigenvalue weighted by Crippen LogP contribution is -2.50. The second kappa shape index (κ2) is 9.02. The fourth-order valence-electron chi connectivity index (χ4n) is 5.44. The number of carbonyl (C=O) groups excluding carboxylic acids is 1. The molecule has 1 amide bonds. The number of piperidine rings is 1. The van der Waals surface area contributed by atoms with Crippen molar-refractivity contribution in [1.29, 1.82) is 0 Å². The Kier molecular flexibility index (Phi) is 5.96. The molecule has 1 saturated heterocycles. The van der Waals surface area contributed by atoms with Gasteiger partial charge in [0, 0.05) is 25.7 Å². The zero-order valence-electron chi connectivity index (χ0n) is 18.3. The number of rotatable bonds is 5. The van der Waals surface area contributed by atoms with Crippen LogP contribution in [0.3, 0.4) is 0 Å². The van der Waals surface area contributed by atoms with Crippen molar-refractivity contribution in [1.82, 2.24) is 14.7 Å². The predicted molar refractivity (Wildman–Crippen MR) is 128 cm³/mol. The zero-order valence-corrected chi connectivity index (χ0v) is 19.1. The lowest BCUT2D eigenvalue weighted by molar-refractivity contribution is -0.139. The van der Waals surface area contributed by atoms with E-state index < -0.39 is 0 Å². The molecule has 2 aliphatic rings. The standard InChI is InChI=1S/C26H29N3O2S/c30-24-13-12-22(23-11-7-17-32-23)27-29(24)19-20-8-6-16-28(18-20)25(31)26(14-4-5-15-26)21-9-2-1-3-10-21/h1-3,7,9-13,17,20H,4-6,8,14-16,18-19H2/t20-/m1/s1. The molecule has 2 aromatic heterocycles. The first kappa shape index (κ1) is 21.1. The van der Waals surface area contributed by atoms with Gasteiger partial charge in [0.1, 0.15) is 5.69 Å². The smallest absolute Gasteiger partial charge is 0.266 e. The molecule has 0 bridgehead atoms. The van der Waals surface area contributed by atoms with E-state index in [1.54, 1.807) is 28.2 Å². The fourth-order valence-corrected chi connectivity index (χ4v) is 6.13. The summed E-state index contributed by atoms with van der Waals surface area (Å²) in [7, 11) is 0. The number of carbonyl (C=O) groups is 1. The molecule has 1 atom stereocenters. The van der Waals surface area contributed by atoms with Crippen LogP contribution in [0.5, 0.6) is 0 Å². The summed E-state index contributed by atoms with van der Waals surface area (Å²) in [6, 6.07) is 17.8. The summed E-state index contributed by atoms with van der Waals surface area (Å²) in [6.07, 6.45) is 6.06. The van der Waals surface area contributed by atoms with Gasteiger partial charge in [-0.25, -0.2) is 4.68 Å². The van der Waals surface area contributed by atoms with Crippen LogP contribution in [-0.2, 0) is 16.8 Å². The van der Waals surface area contributed by atoms with Gasteiger partial charge in [-0.05, 0) is 54.7 Å². The zero-order chi connectivity index (χ0) is 22.0. The molecule has 2 fully saturated rings. The molecule has 1 aromatic carbocycles. The predicted octanol–water partition coefficient (Wildman–Crippen LogP) is 4.72. The first-order chi connectivity index (χ1) is 15.7. The van der Waals surface area contributed by atoms with Crippen LogP contribution in [0.15, 0.2) is 64.8 Å². The molecule has 166 valence electrons. The van der Waals surface area contributed by atoms with Crippen LogP contribution in [0.25, 0.3) is 10.6 Å². The van der Waals surface area contributed by atoms with E-state index >= 15 is 0 Å². The highest BCUT2D eigenvalue weighted by Crippen LogP contribution is 2.43. The number of likely N-dealkylation sites (tertiary alicyclic amines) is 1. The highest BCUT2D eigenvalue weighted by Gasteiger charge is 2.45. The maximum atomic E-state index is 13.8.